The van der Waals surface area contributed by atoms with Gasteiger partial charge in [0.2, 0.25) is 11.8 Å². The molecule has 0 radical (unpaired) electrons. The molecule has 1 aliphatic heterocycles. The van der Waals surface area contributed by atoms with E-state index < -0.39 is 6.04 Å². The van der Waals surface area contributed by atoms with Crippen LogP contribution >= 0.6 is 11.8 Å². The molecule has 0 aliphatic carbocycles. The molecule has 0 fully saturated rings. The van der Waals surface area contributed by atoms with Gasteiger partial charge in [0, 0.05) is 17.2 Å². The maximum atomic E-state index is 12.5. The molecule has 3 rings (SSSR count). The van der Waals surface area contributed by atoms with E-state index in [1.165, 1.54) is 0 Å². The number of fused-ring (bicyclic) bond motifs is 1. The lowest BCUT2D eigenvalue weighted by atomic mass is 10.0. The normalized spacial score (nSPS) is 17.0. The van der Waals surface area contributed by atoms with Gasteiger partial charge in [-0.25, -0.2) is 0 Å². The number of hydrogen-bond donors (Lipinski definition) is 2. The lowest BCUT2D eigenvalue weighted by Crippen LogP contribution is -2.46. The second-order valence-corrected chi connectivity index (χ2v) is 6.90. The standard InChI is InChI=1S/C19H20N2O2S/c1-13(18(22)20-11-14-7-3-2-4-8-14)21-19(23)16-12-24-17-10-6-5-9-15(16)17/h2-10,13,16H,11-12H2,1H3,(H,20,22)(H,21,23)/t13-,16+/m1/s1. The number of hydrogen-bond acceptors (Lipinski definition) is 3. The minimum Gasteiger partial charge on any atom is -0.350 e. The van der Waals surface area contributed by atoms with E-state index in [0.717, 1.165) is 21.8 Å². The number of carbonyl (C=O) groups excluding carboxylic acids is 2. The second-order valence-electron chi connectivity index (χ2n) is 5.84. The van der Waals surface area contributed by atoms with Crippen molar-refractivity contribution in [2.24, 2.45) is 0 Å². The Hall–Kier alpha value is -2.27. The van der Waals surface area contributed by atoms with Crippen molar-refractivity contribution in [1.82, 2.24) is 10.6 Å². The average molecular weight is 340 g/mol. The first-order valence-corrected chi connectivity index (χ1v) is 8.97. The van der Waals surface area contributed by atoms with E-state index in [2.05, 4.69) is 10.6 Å². The van der Waals surface area contributed by atoms with Crippen LogP contribution in [0.2, 0.25) is 0 Å². The Morgan fingerprint density at radius 3 is 2.62 bits per heavy atom. The minimum atomic E-state index is -0.557. The second kappa shape index (κ2) is 7.53. The lowest BCUT2D eigenvalue weighted by Gasteiger charge is -2.17. The number of nitrogens with one attached hydrogen (secondary N) is 2. The SMILES string of the molecule is C[C@@H](NC(=O)[C@H]1CSc2ccccc21)C(=O)NCc1ccccc1. The molecule has 124 valence electrons. The predicted octanol–water partition coefficient (Wildman–Crippen LogP) is 2.70. The number of amides is 2. The zero-order valence-electron chi connectivity index (χ0n) is 13.5. The first-order valence-electron chi connectivity index (χ1n) is 7.99. The fourth-order valence-corrected chi connectivity index (χ4v) is 3.93. The van der Waals surface area contributed by atoms with E-state index in [0.29, 0.717) is 6.54 Å². The summed E-state index contributed by atoms with van der Waals surface area (Å²) in [4.78, 5) is 25.8. The number of rotatable bonds is 5. The Kier molecular flexibility index (Phi) is 5.20. The van der Waals surface area contributed by atoms with Gasteiger partial charge in [0.15, 0.2) is 0 Å². The highest BCUT2D eigenvalue weighted by atomic mass is 32.2. The van der Waals surface area contributed by atoms with Crippen LogP contribution in [0.25, 0.3) is 0 Å². The quantitative estimate of drug-likeness (QED) is 0.880. The Morgan fingerprint density at radius 2 is 1.83 bits per heavy atom. The summed E-state index contributed by atoms with van der Waals surface area (Å²) in [5.41, 5.74) is 2.09. The maximum absolute atomic E-state index is 12.5. The summed E-state index contributed by atoms with van der Waals surface area (Å²) in [6, 6.07) is 17.1. The van der Waals surface area contributed by atoms with Gasteiger partial charge in [0.25, 0.3) is 0 Å². The zero-order chi connectivity index (χ0) is 16.9. The summed E-state index contributed by atoms with van der Waals surface area (Å²) >= 11 is 1.69. The van der Waals surface area contributed by atoms with E-state index in [1.807, 2.05) is 54.6 Å². The molecule has 2 amide bonds. The van der Waals surface area contributed by atoms with E-state index in [-0.39, 0.29) is 17.7 Å². The van der Waals surface area contributed by atoms with Gasteiger partial charge < -0.3 is 10.6 Å². The highest BCUT2D eigenvalue weighted by molar-refractivity contribution is 7.99. The Balaban J connectivity index is 1.54. The van der Waals surface area contributed by atoms with Gasteiger partial charge in [-0.05, 0) is 24.1 Å². The van der Waals surface area contributed by atoms with Crippen molar-refractivity contribution in [3.05, 3.63) is 65.7 Å². The summed E-state index contributed by atoms with van der Waals surface area (Å²) in [6.07, 6.45) is 0. The molecule has 1 heterocycles. The van der Waals surface area contributed by atoms with Gasteiger partial charge >= 0.3 is 0 Å². The monoisotopic (exact) mass is 340 g/mol. The zero-order valence-corrected chi connectivity index (χ0v) is 14.3. The molecule has 2 aromatic carbocycles. The molecule has 5 heteroatoms. The highest BCUT2D eigenvalue weighted by Crippen LogP contribution is 2.39. The molecule has 4 nitrogen and oxygen atoms in total. The van der Waals surface area contributed by atoms with Crippen molar-refractivity contribution >= 4 is 23.6 Å². The summed E-state index contributed by atoms with van der Waals surface area (Å²) in [5, 5.41) is 5.69. The third-order valence-corrected chi connectivity index (χ3v) is 5.26. The molecule has 2 N–H and O–H groups in total. The van der Waals surface area contributed by atoms with Gasteiger partial charge in [-0.3, -0.25) is 9.59 Å². The molecule has 1 aliphatic rings. The molecule has 0 bridgehead atoms. The van der Waals surface area contributed by atoms with Crippen molar-refractivity contribution in [1.29, 1.82) is 0 Å². The van der Waals surface area contributed by atoms with Crippen LogP contribution in [0.5, 0.6) is 0 Å². The largest absolute Gasteiger partial charge is 0.350 e. The van der Waals surface area contributed by atoms with Crippen LogP contribution in [0.15, 0.2) is 59.5 Å². The van der Waals surface area contributed by atoms with E-state index in [9.17, 15) is 9.59 Å². The third-order valence-electron chi connectivity index (χ3n) is 4.08. The predicted molar refractivity (Wildman–Crippen MR) is 95.8 cm³/mol. The van der Waals surface area contributed by atoms with Crippen molar-refractivity contribution < 1.29 is 9.59 Å². The van der Waals surface area contributed by atoms with Crippen LogP contribution in [0.4, 0.5) is 0 Å². The highest BCUT2D eigenvalue weighted by Gasteiger charge is 2.30. The van der Waals surface area contributed by atoms with Crippen LogP contribution in [0.3, 0.4) is 0 Å². The van der Waals surface area contributed by atoms with Crippen LogP contribution in [-0.2, 0) is 16.1 Å². The minimum absolute atomic E-state index is 0.0881. The van der Waals surface area contributed by atoms with Crippen molar-refractivity contribution in [2.75, 3.05) is 5.75 Å². The van der Waals surface area contributed by atoms with E-state index in [1.54, 1.807) is 18.7 Å². The Labute approximate surface area is 146 Å². The van der Waals surface area contributed by atoms with E-state index in [4.69, 9.17) is 0 Å². The van der Waals surface area contributed by atoms with Crippen LogP contribution in [0.1, 0.15) is 24.0 Å². The number of carbonyl (C=O) groups is 2. The average Bonchev–Trinajstić information content (AvgIpc) is 3.04. The fraction of sp³-hybridized carbons (Fsp3) is 0.263. The molecule has 0 saturated heterocycles. The molecule has 0 spiro atoms. The van der Waals surface area contributed by atoms with Crippen LogP contribution in [-0.4, -0.2) is 23.6 Å². The van der Waals surface area contributed by atoms with Crippen molar-refractivity contribution in [2.45, 2.75) is 30.3 Å². The van der Waals surface area contributed by atoms with Gasteiger partial charge in [-0.2, -0.15) is 0 Å². The Bertz CT molecular complexity index is 733. The molecule has 0 saturated carbocycles. The molecule has 2 atom stereocenters. The smallest absolute Gasteiger partial charge is 0.242 e. The number of benzene rings is 2. The Morgan fingerprint density at radius 1 is 1.12 bits per heavy atom. The molecule has 24 heavy (non-hydrogen) atoms. The van der Waals surface area contributed by atoms with Crippen LogP contribution in [0, 0.1) is 0 Å². The molecule has 0 unspecified atom stereocenters. The fourth-order valence-electron chi connectivity index (χ4n) is 2.70. The molecular weight excluding hydrogens is 320 g/mol. The summed E-state index contributed by atoms with van der Waals surface area (Å²) in [6.45, 7) is 2.17. The lowest BCUT2D eigenvalue weighted by molar-refractivity contribution is -0.129. The first kappa shape index (κ1) is 16.6. The van der Waals surface area contributed by atoms with Crippen molar-refractivity contribution in [3.8, 4) is 0 Å². The summed E-state index contributed by atoms with van der Waals surface area (Å²) in [7, 11) is 0. The third kappa shape index (κ3) is 3.79. The number of thioether (sulfide) groups is 1. The van der Waals surface area contributed by atoms with Gasteiger partial charge in [0.05, 0.1) is 5.92 Å². The van der Waals surface area contributed by atoms with Gasteiger partial charge in [0.1, 0.15) is 6.04 Å². The van der Waals surface area contributed by atoms with Crippen molar-refractivity contribution in [3.63, 3.8) is 0 Å². The van der Waals surface area contributed by atoms with Crippen LogP contribution < -0.4 is 10.6 Å². The first-order chi connectivity index (χ1) is 11.6. The van der Waals surface area contributed by atoms with Gasteiger partial charge in [-0.1, -0.05) is 48.5 Å². The van der Waals surface area contributed by atoms with Gasteiger partial charge in [-0.15, -0.1) is 11.8 Å². The topological polar surface area (TPSA) is 58.2 Å². The summed E-state index contributed by atoms with van der Waals surface area (Å²) in [5.74, 6) is 0.278. The molecule has 0 aromatic heterocycles. The summed E-state index contributed by atoms with van der Waals surface area (Å²) < 4.78 is 0. The van der Waals surface area contributed by atoms with E-state index >= 15 is 0 Å². The molecule has 2 aromatic rings. The maximum Gasteiger partial charge on any atom is 0.242 e. The molecular formula is C19H20N2O2S.